The van der Waals surface area contributed by atoms with Gasteiger partial charge in [-0.3, -0.25) is 0 Å². The Labute approximate surface area is 102 Å². The normalized spacial score (nSPS) is 12.9. The van der Waals surface area contributed by atoms with Crippen molar-refractivity contribution in [1.82, 2.24) is 0 Å². The van der Waals surface area contributed by atoms with Crippen molar-refractivity contribution in [1.29, 1.82) is 0 Å². The molecule has 1 rings (SSSR count). The molecule has 0 aliphatic carbocycles. The molecule has 0 radical (unpaired) electrons. The molecule has 0 fully saturated rings. The molecule has 1 aromatic carbocycles. The first kappa shape index (κ1) is 13.3. The maximum absolute atomic E-state index is 9.81. The molecule has 0 aliphatic rings. The van der Waals surface area contributed by atoms with Crippen LogP contribution < -0.4 is 4.74 Å². The van der Waals surface area contributed by atoms with Crippen molar-refractivity contribution in [3.8, 4) is 5.75 Å². The summed E-state index contributed by atoms with van der Waals surface area (Å²) in [5.74, 6) is 1.44. The van der Waals surface area contributed by atoms with Gasteiger partial charge in [0.2, 0.25) is 0 Å². The molecule has 1 aromatic rings. The van der Waals surface area contributed by atoms with E-state index in [-0.39, 0.29) is 5.88 Å². The third-order valence-electron chi connectivity index (χ3n) is 2.75. The van der Waals surface area contributed by atoms with E-state index in [4.69, 9.17) is 16.3 Å². The number of aryl methyl sites for hydroxylation is 1. The standard InChI is InChI=1S/C13H19ClO2/c1-8(2)10-6-11(12(15)7-14)9(3)5-13(10)16-4/h5-6,8,12,15H,7H2,1-4H3. The largest absolute Gasteiger partial charge is 0.496 e. The highest BCUT2D eigenvalue weighted by molar-refractivity contribution is 6.18. The smallest absolute Gasteiger partial charge is 0.122 e. The third kappa shape index (κ3) is 2.69. The van der Waals surface area contributed by atoms with Gasteiger partial charge in [-0.25, -0.2) is 0 Å². The zero-order valence-electron chi connectivity index (χ0n) is 10.2. The Balaban J connectivity index is 3.27. The molecule has 1 unspecified atom stereocenters. The van der Waals surface area contributed by atoms with Crippen molar-refractivity contribution in [3.63, 3.8) is 0 Å². The van der Waals surface area contributed by atoms with Gasteiger partial charge in [-0.05, 0) is 41.7 Å². The van der Waals surface area contributed by atoms with Crippen LogP contribution >= 0.6 is 11.6 Å². The SMILES string of the molecule is COc1cc(C)c(C(O)CCl)cc1C(C)C. The highest BCUT2D eigenvalue weighted by Crippen LogP contribution is 2.32. The summed E-state index contributed by atoms with van der Waals surface area (Å²) >= 11 is 5.68. The first-order chi connectivity index (χ1) is 7.51. The van der Waals surface area contributed by atoms with Gasteiger partial charge < -0.3 is 9.84 Å². The van der Waals surface area contributed by atoms with Gasteiger partial charge in [0, 0.05) is 0 Å². The van der Waals surface area contributed by atoms with Crippen LogP contribution in [-0.4, -0.2) is 18.1 Å². The second-order valence-electron chi connectivity index (χ2n) is 4.28. The molecule has 16 heavy (non-hydrogen) atoms. The molecule has 0 saturated carbocycles. The van der Waals surface area contributed by atoms with E-state index in [0.29, 0.717) is 5.92 Å². The summed E-state index contributed by atoms with van der Waals surface area (Å²) in [6.07, 6.45) is -0.606. The number of aliphatic hydroxyl groups is 1. The number of benzene rings is 1. The summed E-state index contributed by atoms with van der Waals surface area (Å²) in [4.78, 5) is 0. The molecule has 3 heteroatoms. The predicted octanol–water partition coefficient (Wildman–Crippen LogP) is 3.40. The van der Waals surface area contributed by atoms with Crippen molar-refractivity contribution in [2.24, 2.45) is 0 Å². The van der Waals surface area contributed by atoms with E-state index >= 15 is 0 Å². The Morgan fingerprint density at radius 3 is 2.38 bits per heavy atom. The number of ether oxygens (including phenoxy) is 1. The highest BCUT2D eigenvalue weighted by atomic mass is 35.5. The molecule has 0 heterocycles. The zero-order chi connectivity index (χ0) is 12.3. The number of hydrogen-bond donors (Lipinski definition) is 1. The van der Waals surface area contributed by atoms with Crippen LogP contribution in [0.1, 0.15) is 42.6 Å². The van der Waals surface area contributed by atoms with E-state index < -0.39 is 6.10 Å². The van der Waals surface area contributed by atoms with Gasteiger partial charge in [0.1, 0.15) is 5.75 Å². The molecule has 0 saturated heterocycles. The van der Waals surface area contributed by atoms with E-state index in [9.17, 15) is 5.11 Å². The molecule has 0 aromatic heterocycles. The lowest BCUT2D eigenvalue weighted by Crippen LogP contribution is -2.05. The van der Waals surface area contributed by atoms with E-state index in [1.165, 1.54) is 0 Å². The van der Waals surface area contributed by atoms with Crippen LogP contribution in [0.15, 0.2) is 12.1 Å². The Kier molecular flexibility index (Phi) is 4.63. The molecule has 1 atom stereocenters. The molecule has 0 amide bonds. The van der Waals surface area contributed by atoms with Crippen molar-refractivity contribution >= 4 is 11.6 Å². The second kappa shape index (κ2) is 5.55. The monoisotopic (exact) mass is 242 g/mol. The van der Waals surface area contributed by atoms with E-state index in [0.717, 1.165) is 22.4 Å². The number of aliphatic hydroxyl groups excluding tert-OH is 1. The molecule has 0 aliphatic heterocycles. The first-order valence-corrected chi connectivity index (χ1v) is 5.97. The minimum atomic E-state index is -0.606. The Hall–Kier alpha value is -0.730. The molecule has 1 N–H and O–H groups in total. The molecular weight excluding hydrogens is 224 g/mol. The molecule has 0 bridgehead atoms. The summed E-state index contributed by atoms with van der Waals surface area (Å²) in [5.41, 5.74) is 3.00. The van der Waals surface area contributed by atoms with Crippen LogP contribution in [0.3, 0.4) is 0 Å². The Bertz CT molecular complexity index is 361. The number of halogens is 1. The zero-order valence-corrected chi connectivity index (χ0v) is 11.0. The predicted molar refractivity (Wildman–Crippen MR) is 67.5 cm³/mol. The van der Waals surface area contributed by atoms with Crippen LogP contribution in [0.5, 0.6) is 5.75 Å². The number of methoxy groups -OCH3 is 1. The summed E-state index contributed by atoms with van der Waals surface area (Å²) in [7, 11) is 1.66. The number of hydrogen-bond acceptors (Lipinski definition) is 2. The topological polar surface area (TPSA) is 29.5 Å². The van der Waals surface area contributed by atoms with Crippen LogP contribution in [0.25, 0.3) is 0 Å². The van der Waals surface area contributed by atoms with Crippen molar-refractivity contribution in [2.75, 3.05) is 13.0 Å². The van der Waals surface area contributed by atoms with Gasteiger partial charge in [-0.15, -0.1) is 11.6 Å². The number of rotatable bonds is 4. The van der Waals surface area contributed by atoms with E-state index in [1.54, 1.807) is 7.11 Å². The quantitative estimate of drug-likeness (QED) is 0.820. The lowest BCUT2D eigenvalue weighted by atomic mass is 9.94. The lowest BCUT2D eigenvalue weighted by molar-refractivity contribution is 0.201. The molecular formula is C13H19ClO2. The number of alkyl halides is 1. The van der Waals surface area contributed by atoms with Crippen LogP contribution in [0, 0.1) is 6.92 Å². The van der Waals surface area contributed by atoms with Crippen LogP contribution in [0.4, 0.5) is 0 Å². The lowest BCUT2D eigenvalue weighted by Gasteiger charge is -2.18. The minimum absolute atomic E-state index is 0.213. The van der Waals surface area contributed by atoms with E-state index in [1.807, 2.05) is 19.1 Å². The average molecular weight is 243 g/mol. The summed E-state index contributed by atoms with van der Waals surface area (Å²) in [5, 5.41) is 9.81. The Morgan fingerprint density at radius 1 is 1.31 bits per heavy atom. The van der Waals surface area contributed by atoms with Gasteiger partial charge in [0.05, 0.1) is 19.1 Å². The second-order valence-corrected chi connectivity index (χ2v) is 4.58. The van der Waals surface area contributed by atoms with E-state index in [2.05, 4.69) is 13.8 Å². The average Bonchev–Trinajstić information content (AvgIpc) is 2.27. The summed E-state index contributed by atoms with van der Waals surface area (Å²) in [6.45, 7) is 6.16. The summed E-state index contributed by atoms with van der Waals surface area (Å²) < 4.78 is 5.34. The van der Waals surface area contributed by atoms with Gasteiger partial charge in [-0.2, -0.15) is 0 Å². The van der Waals surface area contributed by atoms with Gasteiger partial charge in [0.15, 0.2) is 0 Å². The van der Waals surface area contributed by atoms with Gasteiger partial charge >= 0.3 is 0 Å². The third-order valence-corrected chi connectivity index (χ3v) is 3.04. The van der Waals surface area contributed by atoms with Crippen molar-refractivity contribution in [2.45, 2.75) is 32.8 Å². The first-order valence-electron chi connectivity index (χ1n) is 5.43. The minimum Gasteiger partial charge on any atom is -0.496 e. The van der Waals surface area contributed by atoms with Crippen LogP contribution in [0.2, 0.25) is 0 Å². The van der Waals surface area contributed by atoms with Gasteiger partial charge in [0.25, 0.3) is 0 Å². The molecule has 2 nitrogen and oxygen atoms in total. The van der Waals surface area contributed by atoms with Crippen molar-refractivity contribution < 1.29 is 9.84 Å². The van der Waals surface area contributed by atoms with Crippen LogP contribution in [-0.2, 0) is 0 Å². The molecule has 90 valence electrons. The fourth-order valence-electron chi connectivity index (χ4n) is 1.79. The van der Waals surface area contributed by atoms with Crippen molar-refractivity contribution in [3.05, 3.63) is 28.8 Å². The highest BCUT2D eigenvalue weighted by Gasteiger charge is 2.15. The summed E-state index contributed by atoms with van der Waals surface area (Å²) in [6, 6.07) is 3.95. The van der Waals surface area contributed by atoms with Gasteiger partial charge in [-0.1, -0.05) is 13.8 Å². The fraction of sp³-hybridized carbons (Fsp3) is 0.538. The molecule has 0 spiro atoms. The maximum atomic E-state index is 9.81. The maximum Gasteiger partial charge on any atom is 0.122 e. The Morgan fingerprint density at radius 2 is 1.94 bits per heavy atom. The fourth-order valence-corrected chi connectivity index (χ4v) is 1.95.